The third kappa shape index (κ3) is 3.10. The van der Waals surface area contributed by atoms with Gasteiger partial charge in [0.05, 0.1) is 22.4 Å². The van der Waals surface area contributed by atoms with E-state index in [4.69, 9.17) is 0 Å². The molecule has 3 nitrogen and oxygen atoms in total. The van der Waals surface area contributed by atoms with Crippen LogP contribution >= 0.6 is 15.9 Å². The molecule has 96 valence electrons. The van der Waals surface area contributed by atoms with Crippen LogP contribution < -0.4 is 5.32 Å². The minimum atomic E-state index is 0.485. The third-order valence-electron chi connectivity index (χ3n) is 3.27. The summed E-state index contributed by atoms with van der Waals surface area (Å²) < 4.78 is 3.32. The number of nitrogens with one attached hydrogen (secondary N) is 1. The van der Waals surface area contributed by atoms with E-state index in [1.54, 1.807) is 0 Å². The molecule has 0 radical (unpaired) electrons. The lowest BCUT2D eigenvalue weighted by atomic mass is 10.1. The van der Waals surface area contributed by atoms with Crippen molar-refractivity contribution in [3.8, 4) is 0 Å². The van der Waals surface area contributed by atoms with Crippen molar-refractivity contribution in [2.24, 2.45) is 5.92 Å². The molecule has 0 amide bonds. The zero-order valence-corrected chi connectivity index (χ0v) is 12.3. The average Bonchev–Trinajstić information content (AvgIpc) is 3.09. The van der Waals surface area contributed by atoms with Crippen molar-refractivity contribution in [1.29, 1.82) is 0 Å². The molecule has 17 heavy (non-hydrogen) atoms. The van der Waals surface area contributed by atoms with E-state index in [0.717, 1.165) is 29.9 Å². The van der Waals surface area contributed by atoms with Crippen molar-refractivity contribution in [2.75, 3.05) is 6.54 Å². The Hall–Kier alpha value is -0.350. The Kier molecular flexibility index (Phi) is 4.62. The van der Waals surface area contributed by atoms with E-state index in [1.165, 1.54) is 25.0 Å². The highest BCUT2D eigenvalue weighted by molar-refractivity contribution is 9.10. The molecule has 1 unspecified atom stereocenters. The number of hydrogen-bond acceptors (Lipinski definition) is 2. The molecule has 1 aromatic heterocycles. The Bertz CT molecular complexity index is 358. The van der Waals surface area contributed by atoms with E-state index in [1.807, 2.05) is 6.20 Å². The lowest BCUT2D eigenvalue weighted by Gasteiger charge is -2.20. The second-order valence-corrected chi connectivity index (χ2v) is 5.72. The Labute approximate surface area is 112 Å². The fourth-order valence-electron chi connectivity index (χ4n) is 2.29. The van der Waals surface area contributed by atoms with Crippen molar-refractivity contribution < 1.29 is 0 Å². The summed E-state index contributed by atoms with van der Waals surface area (Å²) in [6.45, 7) is 6.52. The van der Waals surface area contributed by atoms with Crippen LogP contribution in [-0.2, 0) is 6.54 Å². The fourth-order valence-corrected chi connectivity index (χ4v) is 2.83. The lowest BCUT2D eigenvalue weighted by Crippen LogP contribution is -2.26. The molecule has 0 aliphatic heterocycles. The Morgan fingerprint density at radius 2 is 2.24 bits per heavy atom. The van der Waals surface area contributed by atoms with E-state index in [-0.39, 0.29) is 0 Å². The van der Waals surface area contributed by atoms with Gasteiger partial charge in [0.2, 0.25) is 0 Å². The molecule has 1 saturated carbocycles. The third-order valence-corrected chi connectivity index (χ3v) is 3.88. The molecule has 1 aliphatic rings. The summed E-state index contributed by atoms with van der Waals surface area (Å²) in [5.41, 5.74) is 1.35. The molecule has 0 bridgehead atoms. The maximum atomic E-state index is 4.47. The summed E-state index contributed by atoms with van der Waals surface area (Å²) in [4.78, 5) is 0. The molecular weight excluding hydrogens is 278 g/mol. The number of aryl methyl sites for hydroxylation is 1. The zero-order chi connectivity index (χ0) is 12.3. The van der Waals surface area contributed by atoms with Crippen LogP contribution in [0.4, 0.5) is 0 Å². The quantitative estimate of drug-likeness (QED) is 0.835. The minimum absolute atomic E-state index is 0.485. The molecule has 0 aromatic carbocycles. The highest BCUT2D eigenvalue weighted by atomic mass is 79.9. The molecule has 0 saturated heterocycles. The molecule has 1 atom stereocenters. The smallest absolute Gasteiger partial charge is 0.0698 e. The fraction of sp³-hybridized carbons (Fsp3) is 0.769. The van der Waals surface area contributed by atoms with Crippen molar-refractivity contribution in [3.63, 3.8) is 0 Å². The summed E-state index contributed by atoms with van der Waals surface area (Å²) in [7, 11) is 0. The van der Waals surface area contributed by atoms with Crippen LogP contribution in [0.5, 0.6) is 0 Å². The van der Waals surface area contributed by atoms with E-state index in [9.17, 15) is 0 Å². The van der Waals surface area contributed by atoms with Crippen LogP contribution in [0.1, 0.15) is 51.3 Å². The summed E-state index contributed by atoms with van der Waals surface area (Å²) in [5.74, 6) is 0.810. The van der Waals surface area contributed by atoms with Gasteiger partial charge in [0.25, 0.3) is 0 Å². The first kappa shape index (κ1) is 13.1. The van der Waals surface area contributed by atoms with Crippen LogP contribution in [0.2, 0.25) is 0 Å². The van der Waals surface area contributed by atoms with E-state index in [2.05, 4.69) is 44.9 Å². The Balaban J connectivity index is 2.18. The number of halogens is 1. The molecule has 1 fully saturated rings. The second kappa shape index (κ2) is 6.01. The predicted molar refractivity (Wildman–Crippen MR) is 74.0 cm³/mol. The number of aromatic nitrogens is 2. The topological polar surface area (TPSA) is 29.9 Å². The van der Waals surface area contributed by atoms with Gasteiger partial charge in [0.1, 0.15) is 0 Å². The van der Waals surface area contributed by atoms with Gasteiger partial charge in [-0.2, -0.15) is 5.10 Å². The van der Waals surface area contributed by atoms with Gasteiger partial charge in [-0.25, -0.2) is 0 Å². The van der Waals surface area contributed by atoms with Gasteiger partial charge >= 0.3 is 0 Å². The molecule has 0 spiro atoms. The SMILES string of the molecule is CCCNC(c1c(Br)cnn1CCC)C1CC1. The van der Waals surface area contributed by atoms with Gasteiger partial charge in [-0.15, -0.1) is 0 Å². The first-order valence-electron chi connectivity index (χ1n) is 6.72. The molecule has 4 heteroatoms. The van der Waals surface area contributed by atoms with Gasteiger partial charge in [-0.3, -0.25) is 4.68 Å². The molecule has 1 aliphatic carbocycles. The van der Waals surface area contributed by atoms with Gasteiger partial charge in [0, 0.05) is 6.54 Å². The van der Waals surface area contributed by atoms with Crippen LogP contribution in [0.3, 0.4) is 0 Å². The van der Waals surface area contributed by atoms with Crippen LogP contribution in [0, 0.1) is 5.92 Å². The van der Waals surface area contributed by atoms with E-state index < -0.39 is 0 Å². The molecule has 1 heterocycles. The van der Waals surface area contributed by atoms with Gasteiger partial charge < -0.3 is 5.32 Å². The van der Waals surface area contributed by atoms with E-state index >= 15 is 0 Å². The number of hydrogen-bond donors (Lipinski definition) is 1. The molecule has 1 aromatic rings. The summed E-state index contributed by atoms with van der Waals surface area (Å²) in [5, 5.41) is 8.16. The van der Waals surface area contributed by atoms with Gasteiger partial charge in [0.15, 0.2) is 0 Å². The van der Waals surface area contributed by atoms with Crippen molar-refractivity contribution >= 4 is 15.9 Å². The number of nitrogens with zero attached hydrogens (tertiary/aromatic N) is 2. The van der Waals surface area contributed by atoms with Crippen molar-refractivity contribution in [2.45, 2.75) is 52.1 Å². The molecular formula is C13H22BrN3. The van der Waals surface area contributed by atoms with E-state index in [0.29, 0.717) is 6.04 Å². The first-order valence-corrected chi connectivity index (χ1v) is 7.51. The highest BCUT2D eigenvalue weighted by Crippen LogP contribution is 2.42. The maximum absolute atomic E-state index is 4.47. The van der Waals surface area contributed by atoms with Crippen LogP contribution in [0.15, 0.2) is 10.7 Å². The Morgan fingerprint density at radius 1 is 1.47 bits per heavy atom. The lowest BCUT2D eigenvalue weighted by molar-refractivity contribution is 0.432. The monoisotopic (exact) mass is 299 g/mol. The van der Waals surface area contributed by atoms with Gasteiger partial charge in [-0.1, -0.05) is 13.8 Å². The first-order chi connectivity index (χ1) is 8.27. The standard InChI is InChI=1S/C13H22BrN3/c1-3-7-15-12(10-5-6-10)13-11(14)9-16-17(13)8-4-2/h9-10,12,15H,3-8H2,1-2H3. The van der Waals surface area contributed by atoms with Crippen LogP contribution in [-0.4, -0.2) is 16.3 Å². The second-order valence-electron chi connectivity index (χ2n) is 4.87. The predicted octanol–water partition coefficient (Wildman–Crippen LogP) is 3.51. The largest absolute Gasteiger partial charge is 0.308 e. The average molecular weight is 300 g/mol. The Morgan fingerprint density at radius 3 is 2.82 bits per heavy atom. The molecule has 1 N–H and O–H groups in total. The summed E-state index contributed by atoms with van der Waals surface area (Å²) in [6, 6.07) is 0.485. The number of rotatable bonds is 7. The van der Waals surface area contributed by atoms with Crippen molar-refractivity contribution in [3.05, 3.63) is 16.4 Å². The normalized spacial score (nSPS) is 17.4. The summed E-state index contributed by atoms with van der Waals surface area (Å²) in [6.07, 6.45) is 6.96. The minimum Gasteiger partial charge on any atom is -0.308 e. The highest BCUT2D eigenvalue weighted by Gasteiger charge is 2.35. The van der Waals surface area contributed by atoms with Crippen molar-refractivity contribution in [1.82, 2.24) is 15.1 Å². The summed E-state index contributed by atoms with van der Waals surface area (Å²) >= 11 is 3.65. The maximum Gasteiger partial charge on any atom is 0.0698 e. The van der Waals surface area contributed by atoms with Crippen LogP contribution in [0.25, 0.3) is 0 Å². The zero-order valence-electron chi connectivity index (χ0n) is 10.7. The molecule has 2 rings (SSSR count). The van der Waals surface area contributed by atoms with Gasteiger partial charge in [-0.05, 0) is 54.1 Å².